The molecule has 2 aromatic rings. The number of aryl methyl sites for hydroxylation is 1. The van der Waals surface area contributed by atoms with E-state index in [2.05, 4.69) is 24.0 Å². The number of phenolic OH excluding ortho intramolecular Hbond substituents is 1. The van der Waals surface area contributed by atoms with Crippen molar-refractivity contribution in [1.29, 1.82) is 0 Å². The predicted molar refractivity (Wildman–Crippen MR) is 105 cm³/mol. The highest BCUT2D eigenvalue weighted by molar-refractivity contribution is 5.97. The molecular formula is C23H27NO3. The number of carbonyl (C=O) groups excluding carboxylic acids is 1. The number of benzene rings is 2. The molecule has 0 amide bonds. The van der Waals surface area contributed by atoms with Gasteiger partial charge in [0.1, 0.15) is 5.75 Å². The van der Waals surface area contributed by atoms with Crippen LogP contribution in [0.15, 0.2) is 48.5 Å². The number of likely N-dealkylation sites (tertiary alicyclic amines) is 1. The molecule has 4 heteroatoms. The van der Waals surface area contributed by atoms with Gasteiger partial charge in [0.25, 0.3) is 0 Å². The summed E-state index contributed by atoms with van der Waals surface area (Å²) in [6.07, 6.45) is 2.35. The fourth-order valence-electron chi connectivity index (χ4n) is 4.94. The van der Waals surface area contributed by atoms with Gasteiger partial charge in [-0.3, -0.25) is 9.69 Å². The third-order valence-electron chi connectivity index (χ3n) is 6.27. The number of hydrogen-bond acceptors (Lipinski definition) is 4. The highest BCUT2D eigenvalue weighted by Gasteiger charge is 2.48. The van der Waals surface area contributed by atoms with Crippen molar-refractivity contribution in [1.82, 2.24) is 4.90 Å². The Morgan fingerprint density at radius 2 is 1.70 bits per heavy atom. The van der Waals surface area contributed by atoms with Gasteiger partial charge in [0.2, 0.25) is 0 Å². The summed E-state index contributed by atoms with van der Waals surface area (Å²) in [6, 6.07) is 14.8. The van der Waals surface area contributed by atoms with Crippen molar-refractivity contribution in [3.8, 4) is 5.75 Å². The molecule has 0 spiro atoms. The van der Waals surface area contributed by atoms with Crippen molar-refractivity contribution in [2.75, 3.05) is 19.6 Å². The number of hydrogen-bond donors (Lipinski definition) is 2. The fraction of sp³-hybridized carbons (Fsp3) is 0.435. The molecule has 0 radical (unpaired) electrons. The van der Waals surface area contributed by atoms with E-state index in [1.54, 1.807) is 24.3 Å². The van der Waals surface area contributed by atoms with Gasteiger partial charge in [-0.1, -0.05) is 24.3 Å². The summed E-state index contributed by atoms with van der Waals surface area (Å²) in [5.74, 6) is 1.19. The van der Waals surface area contributed by atoms with Crippen LogP contribution < -0.4 is 0 Å². The molecule has 27 heavy (non-hydrogen) atoms. The van der Waals surface area contributed by atoms with Gasteiger partial charge in [-0.05, 0) is 67.0 Å². The standard InChI is InChI=1S/C23H27NO3/c1-16-4-2-3-5-18(16)10-23(27)11-19-13-24(14-20(19)12-23)15-22(26)17-6-8-21(25)9-7-17/h2-9,19-20,25,27H,10-15H2,1H3/t19-,20+,23?. The molecule has 2 aliphatic rings. The topological polar surface area (TPSA) is 60.8 Å². The second-order valence-corrected chi connectivity index (χ2v) is 8.42. The zero-order valence-electron chi connectivity index (χ0n) is 15.8. The van der Waals surface area contributed by atoms with Crippen molar-refractivity contribution < 1.29 is 15.0 Å². The third kappa shape index (κ3) is 3.92. The molecule has 0 bridgehead atoms. The van der Waals surface area contributed by atoms with Gasteiger partial charge in [-0.25, -0.2) is 0 Å². The SMILES string of the molecule is Cc1ccccc1CC1(O)C[C@H]2CN(CC(=O)c3ccc(O)cc3)C[C@H]2C1. The summed E-state index contributed by atoms with van der Waals surface area (Å²) in [4.78, 5) is 14.7. The molecule has 2 fully saturated rings. The summed E-state index contributed by atoms with van der Waals surface area (Å²) in [5, 5.41) is 20.5. The lowest BCUT2D eigenvalue weighted by atomic mass is 9.89. The molecule has 1 saturated heterocycles. The molecule has 4 nitrogen and oxygen atoms in total. The highest BCUT2D eigenvalue weighted by atomic mass is 16.3. The first-order chi connectivity index (χ1) is 12.9. The van der Waals surface area contributed by atoms with Crippen LogP contribution in [0.3, 0.4) is 0 Å². The van der Waals surface area contributed by atoms with Crippen LogP contribution in [0, 0.1) is 18.8 Å². The Morgan fingerprint density at radius 1 is 1.07 bits per heavy atom. The normalized spacial score (nSPS) is 27.6. The van der Waals surface area contributed by atoms with Crippen molar-refractivity contribution in [2.45, 2.75) is 31.8 Å². The van der Waals surface area contributed by atoms with Crippen LogP contribution in [-0.2, 0) is 6.42 Å². The highest BCUT2D eigenvalue weighted by Crippen LogP contribution is 2.45. The van der Waals surface area contributed by atoms with E-state index < -0.39 is 5.60 Å². The average Bonchev–Trinajstić information content (AvgIpc) is 3.11. The Hall–Kier alpha value is -2.17. The van der Waals surface area contributed by atoms with Crippen LogP contribution in [0.25, 0.3) is 0 Å². The largest absolute Gasteiger partial charge is 0.508 e. The zero-order chi connectivity index (χ0) is 19.0. The zero-order valence-corrected chi connectivity index (χ0v) is 15.8. The first-order valence-corrected chi connectivity index (χ1v) is 9.73. The molecule has 1 aliphatic carbocycles. The molecule has 1 saturated carbocycles. The lowest BCUT2D eigenvalue weighted by Gasteiger charge is -2.26. The maximum absolute atomic E-state index is 12.5. The molecule has 0 aromatic heterocycles. The van der Waals surface area contributed by atoms with Crippen molar-refractivity contribution in [3.63, 3.8) is 0 Å². The summed E-state index contributed by atoms with van der Waals surface area (Å²) in [7, 11) is 0. The molecule has 3 atom stereocenters. The Kier molecular flexibility index (Phi) is 4.79. The Labute approximate surface area is 160 Å². The fourth-order valence-corrected chi connectivity index (χ4v) is 4.94. The Bertz CT molecular complexity index is 816. The number of ketones is 1. The minimum absolute atomic E-state index is 0.0881. The van der Waals surface area contributed by atoms with E-state index in [0.717, 1.165) is 32.4 Å². The van der Waals surface area contributed by atoms with E-state index in [4.69, 9.17) is 0 Å². The van der Waals surface area contributed by atoms with Crippen LogP contribution in [-0.4, -0.2) is 46.1 Å². The number of carbonyl (C=O) groups is 1. The van der Waals surface area contributed by atoms with Gasteiger partial charge in [-0.15, -0.1) is 0 Å². The maximum atomic E-state index is 12.5. The first-order valence-electron chi connectivity index (χ1n) is 9.73. The summed E-state index contributed by atoms with van der Waals surface area (Å²) < 4.78 is 0. The summed E-state index contributed by atoms with van der Waals surface area (Å²) in [6.45, 7) is 4.27. The van der Waals surface area contributed by atoms with Crippen LogP contribution in [0.5, 0.6) is 5.75 Å². The average molecular weight is 365 g/mol. The quantitative estimate of drug-likeness (QED) is 0.799. The lowest BCUT2D eigenvalue weighted by molar-refractivity contribution is 0.0354. The Balaban J connectivity index is 1.34. The van der Waals surface area contributed by atoms with E-state index in [0.29, 0.717) is 23.9 Å². The van der Waals surface area contributed by atoms with E-state index in [9.17, 15) is 15.0 Å². The minimum atomic E-state index is -0.617. The van der Waals surface area contributed by atoms with Gasteiger partial charge >= 0.3 is 0 Å². The van der Waals surface area contributed by atoms with Gasteiger partial charge in [-0.2, -0.15) is 0 Å². The molecule has 1 unspecified atom stereocenters. The molecule has 142 valence electrons. The Morgan fingerprint density at radius 3 is 2.33 bits per heavy atom. The summed E-state index contributed by atoms with van der Waals surface area (Å²) in [5.41, 5.74) is 2.50. The molecule has 2 aromatic carbocycles. The molecule has 1 aliphatic heterocycles. The second kappa shape index (κ2) is 7.10. The smallest absolute Gasteiger partial charge is 0.176 e. The number of aromatic hydroxyl groups is 1. The van der Waals surface area contributed by atoms with Crippen LogP contribution in [0.4, 0.5) is 0 Å². The molecule has 4 rings (SSSR count). The van der Waals surface area contributed by atoms with Crippen LogP contribution in [0.2, 0.25) is 0 Å². The van der Waals surface area contributed by atoms with Gasteiger partial charge in [0.05, 0.1) is 12.1 Å². The number of Topliss-reactive ketones (excluding diaryl/α,β-unsaturated/α-hetero) is 1. The minimum Gasteiger partial charge on any atom is -0.508 e. The second-order valence-electron chi connectivity index (χ2n) is 8.42. The van der Waals surface area contributed by atoms with Crippen molar-refractivity contribution in [2.24, 2.45) is 11.8 Å². The number of rotatable bonds is 5. The molecular weight excluding hydrogens is 338 g/mol. The van der Waals surface area contributed by atoms with Gasteiger partial charge in [0.15, 0.2) is 5.78 Å². The van der Waals surface area contributed by atoms with E-state index in [1.807, 2.05) is 12.1 Å². The lowest BCUT2D eigenvalue weighted by Crippen LogP contribution is -2.34. The third-order valence-corrected chi connectivity index (χ3v) is 6.27. The number of phenols is 1. The van der Waals surface area contributed by atoms with Crippen LogP contribution in [0.1, 0.15) is 34.3 Å². The van der Waals surface area contributed by atoms with E-state index >= 15 is 0 Å². The van der Waals surface area contributed by atoms with Crippen LogP contribution >= 0.6 is 0 Å². The summed E-state index contributed by atoms with van der Waals surface area (Å²) >= 11 is 0. The number of aliphatic hydroxyl groups is 1. The first kappa shape index (κ1) is 18.2. The van der Waals surface area contributed by atoms with Crippen molar-refractivity contribution in [3.05, 3.63) is 65.2 Å². The van der Waals surface area contributed by atoms with E-state index in [-0.39, 0.29) is 11.5 Å². The van der Waals surface area contributed by atoms with Gasteiger partial charge in [0, 0.05) is 25.1 Å². The molecule has 2 N–H and O–H groups in total. The number of nitrogens with zero attached hydrogens (tertiary/aromatic N) is 1. The van der Waals surface area contributed by atoms with E-state index in [1.165, 1.54) is 11.1 Å². The number of fused-ring (bicyclic) bond motifs is 1. The van der Waals surface area contributed by atoms with Crippen molar-refractivity contribution >= 4 is 5.78 Å². The van der Waals surface area contributed by atoms with Gasteiger partial charge < -0.3 is 10.2 Å². The maximum Gasteiger partial charge on any atom is 0.176 e. The predicted octanol–water partition coefficient (Wildman–Crippen LogP) is 3.20. The molecule has 1 heterocycles. The monoisotopic (exact) mass is 365 g/mol.